The number of ether oxygens (including phenoxy) is 1. The van der Waals surface area contributed by atoms with Crippen molar-refractivity contribution < 1.29 is 26.4 Å². The molecule has 2 fully saturated rings. The molecule has 0 aliphatic carbocycles. The molecule has 2 saturated heterocycles. The van der Waals surface area contributed by atoms with Crippen LogP contribution >= 0.6 is 11.6 Å². The van der Waals surface area contributed by atoms with E-state index >= 15 is 0 Å². The number of rotatable bonds is 9. The van der Waals surface area contributed by atoms with Crippen LogP contribution in [0, 0.1) is 5.92 Å². The Balaban J connectivity index is 1.39. The van der Waals surface area contributed by atoms with E-state index in [-0.39, 0.29) is 39.6 Å². The Bertz CT molecular complexity index is 1330. The minimum atomic E-state index is -3.91. The van der Waals surface area contributed by atoms with Gasteiger partial charge in [0.15, 0.2) is 0 Å². The molecule has 0 radical (unpaired) electrons. The molecule has 2 aliphatic heterocycles. The van der Waals surface area contributed by atoms with E-state index in [1.807, 2.05) is 0 Å². The third-order valence-corrected chi connectivity index (χ3v) is 10.7. The molecule has 4 rings (SSSR count). The van der Waals surface area contributed by atoms with Crippen molar-refractivity contribution in [3.05, 3.63) is 53.1 Å². The lowest BCUT2D eigenvalue weighted by atomic mass is 9.99. The van der Waals surface area contributed by atoms with Crippen LogP contribution in [0.5, 0.6) is 5.75 Å². The summed E-state index contributed by atoms with van der Waals surface area (Å²) >= 11 is 6.07. The van der Waals surface area contributed by atoms with Gasteiger partial charge in [0.05, 0.1) is 17.4 Å². The van der Waals surface area contributed by atoms with Gasteiger partial charge >= 0.3 is 0 Å². The van der Waals surface area contributed by atoms with Gasteiger partial charge < -0.3 is 10.1 Å². The normalized spacial score (nSPS) is 19.6. The lowest BCUT2D eigenvalue weighted by Gasteiger charge is -2.31. The van der Waals surface area contributed by atoms with E-state index in [2.05, 4.69) is 5.32 Å². The number of piperidine rings is 1. The second-order valence-electron chi connectivity index (χ2n) is 9.20. The van der Waals surface area contributed by atoms with Crippen LogP contribution in [0.2, 0.25) is 5.02 Å². The smallest absolute Gasteiger partial charge is 0.246 e. The number of sulfonamides is 2. The fraction of sp³-hybridized carbons (Fsp3) is 0.480. The molecule has 1 atom stereocenters. The zero-order valence-corrected chi connectivity index (χ0v) is 23.1. The monoisotopic (exact) mass is 569 g/mol. The summed E-state index contributed by atoms with van der Waals surface area (Å²) in [4.78, 5) is 13.2. The van der Waals surface area contributed by atoms with Crippen LogP contribution in [0.25, 0.3) is 0 Å². The molecule has 1 amide bonds. The number of hydrogen-bond acceptors (Lipinski definition) is 6. The molecule has 202 valence electrons. The zero-order chi connectivity index (χ0) is 26.6. The molecule has 0 saturated carbocycles. The number of carbonyl (C=O) groups is 1. The van der Waals surface area contributed by atoms with Gasteiger partial charge in [-0.15, -0.1) is 0 Å². The summed E-state index contributed by atoms with van der Waals surface area (Å²) in [5, 5.41) is 3.15. The minimum Gasteiger partial charge on any atom is -0.492 e. The Kier molecular flexibility index (Phi) is 8.80. The lowest BCUT2D eigenvalue weighted by Crippen LogP contribution is -2.45. The Labute approximate surface area is 223 Å². The fourth-order valence-electron chi connectivity index (χ4n) is 4.66. The summed E-state index contributed by atoms with van der Waals surface area (Å²) in [5.74, 6) is -0.522. The Morgan fingerprint density at radius 1 is 0.973 bits per heavy atom. The molecule has 0 spiro atoms. The summed E-state index contributed by atoms with van der Waals surface area (Å²) in [6.07, 6.45) is 2.86. The van der Waals surface area contributed by atoms with E-state index in [4.69, 9.17) is 16.3 Å². The van der Waals surface area contributed by atoms with Crippen LogP contribution < -0.4 is 10.1 Å². The molecule has 2 aliphatic rings. The van der Waals surface area contributed by atoms with Gasteiger partial charge in [-0.3, -0.25) is 4.79 Å². The topological polar surface area (TPSA) is 113 Å². The van der Waals surface area contributed by atoms with Crippen LogP contribution in [0.3, 0.4) is 0 Å². The first-order valence-corrected chi connectivity index (χ1v) is 15.7. The second kappa shape index (κ2) is 11.7. The first-order valence-electron chi connectivity index (χ1n) is 12.4. The van der Waals surface area contributed by atoms with Crippen molar-refractivity contribution in [1.82, 2.24) is 13.9 Å². The van der Waals surface area contributed by atoms with Gasteiger partial charge in [-0.25, -0.2) is 16.8 Å². The van der Waals surface area contributed by atoms with Gasteiger partial charge in [-0.1, -0.05) is 23.7 Å². The van der Waals surface area contributed by atoms with Crippen molar-refractivity contribution in [2.45, 2.75) is 48.9 Å². The van der Waals surface area contributed by atoms with Crippen LogP contribution in [0.15, 0.2) is 52.3 Å². The fourth-order valence-corrected chi connectivity index (χ4v) is 8.10. The van der Waals surface area contributed by atoms with Crippen molar-refractivity contribution >= 4 is 37.6 Å². The quantitative estimate of drug-likeness (QED) is 0.496. The molecular formula is C25H32ClN3O6S2. The summed E-state index contributed by atoms with van der Waals surface area (Å²) in [6, 6.07) is 11.0. The predicted octanol–water partition coefficient (Wildman–Crippen LogP) is 3.24. The van der Waals surface area contributed by atoms with Crippen molar-refractivity contribution in [2.24, 2.45) is 5.92 Å². The summed E-state index contributed by atoms with van der Waals surface area (Å²) in [5.41, 5.74) is 0.759. The molecule has 0 aromatic heterocycles. The molecule has 9 nitrogen and oxygen atoms in total. The maximum absolute atomic E-state index is 13.4. The molecule has 37 heavy (non-hydrogen) atoms. The Morgan fingerprint density at radius 2 is 1.65 bits per heavy atom. The van der Waals surface area contributed by atoms with E-state index in [9.17, 15) is 21.6 Å². The van der Waals surface area contributed by atoms with Crippen molar-refractivity contribution in [1.29, 1.82) is 0 Å². The lowest BCUT2D eigenvalue weighted by molar-refractivity contribution is -0.126. The molecule has 1 N–H and O–H groups in total. The molecule has 2 heterocycles. The number of amides is 1. The number of halogens is 1. The van der Waals surface area contributed by atoms with Crippen molar-refractivity contribution in [3.63, 3.8) is 0 Å². The highest BCUT2D eigenvalue weighted by Crippen LogP contribution is 2.32. The van der Waals surface area contributed by atoms with Crippen molar-refractivity contribution in [3.8, 4) is 5.75 Å². The molecule has 2 aromatic carbocycles. The highest BCUT2D eigenvalue weighted by molar-refractivity contribution is 7.89. The molecule has 1 unspecified atom stereocenters. The van der Waals surface area contributed by atoms with E-state index in [0.29, 0.717) is 39.1 Å². The first-order chi connectivity index (χ1) is 17.6. The van der Waals surface area contributed by atoms with Crippen LogP contribution in [0.4, 0.5) is 0 Å². The third kappa shape index (κ3) is 6.28. The highest BCUT2D eigenvalue weighted by Gasteiger charge is 2.35. The van der Waals surface area contributed by atoms with Crippen LogP contribution in [0.1, 0.15) is 38.2 Å². The number of carbonyl (C=O) groups excluding carboxylic acids is 1. The second-order valence-corrected chi connectivity index (χ2v) is 13.5. The summed E-state index contributed by atoms with van der Waals surface area (Å²) in [7, 11) is -7.40. The maximum Gasteiger partial charge on any atom is 0.246 e. The van der Waals surface area contributed by atoms with E-state index in [1.165, 1.54) is 20.7 Å². The molecule has 2 aromatic rings. The van der Waals surface area contributed by atoms with E-state index in [1.54, 1.807) is 37.3 Å². The maximum atomic E-state index is 13.4. The van der Waals surface area contributed by atoms with Gasteiger partial charge in [-0.05, 0) is 68.5 Å². The predicted molar refractivity (Wildman–Crippen MR) is 140 cm³/mol. The Morgan fingerprint density at radius 3 is 2.32 bits per heavy atom. The molecular weight excluding hydrogens is 538 g/mol. The summed E-state index contributed by atoms with van der Waals surface area (Å²) < 4.78 is 60.5. The third-order valence-electron chi connectivity index (χ3n) is 6.67. The van der Waals surface area contributed by atoms with Gasteiger partial charge in [0.2, 0.25) is 26.0 Å². The average molecular weight is 570 g/mol. The van der Waals surface area contributed by atoms with Gasteiger partial charge in [0, 0.05) is 37.7 Å². The molecule has 0 bridgehead atoms. The van der Waals surface area contributed by atoms with Gasteiger partial charge in [0.1, 0.15) is 10.6 Å². The molecule has 12 heteroatoms. The highest BCUT2D eigenvalue weighted by atomic mass is 35.5. The van der Waals surface area contributed by atoms with Gasteiger partial charge in [0.25, 0.3) is 0 Å². The van der Waals surface area contributed by atoms with E-state index in [0.717, 1.165) is 18.4 Å². The SMILES string of the molecule is CCOc1ccc(Cl)cc1S(=O)(=O)N1CCCC(C(=O)NCc2ccc(S(=O)(=O)N3CCCC3)cc2)C1. The minimum absolute atomic E-state index is 0.00752. The summed E-state index contributed by atoms with van der Waals surface area (Å²) in [6.45, 7) is 3.73. The average Bonchev–Trinajstić information content (AvgIpc) is 3.45. The number of benzene rings is 2. The Hall–Kier alpha value is -2.18. The number of nitrogens with zero attached hydrogens (tertiary/aromatic N) is 2. The van der Waals surface area contributed by atoms with Crippen molar-refractivity contribution in [2.75, 3.05) is 32.8 Å². The standard InChI is InChI=1S/C25H32ClN3O6S2/c1-2-35-23-12-9-21(26)16-24(23)37(33,34)29-15-5-6-20(18-29)25(30)27-17-19-7-10-22(11-8-19)36(31,32)28-13-3-4-14-28/h7-12,16,20H,2-6,13-15,17-18H2,1H3,(H,27,30). The van der Waals surface area contributed by atoms with Crippen LogP contribution in [-0.4, -0.2) is 64.1 Å². The first kappa shape index (κ1) is 27.8. The zero-order valence-electron chi connectivity index (χ0n) is 20.7. The number of nitrogens with one attached hydrogen (secondary N) is 1. The van der Waals surface area contributed by atoms with Gasteiger partial charge in [-0.2, -0.15) is 8.61 Å². The van der Waals surface area contributed by atoms with Crippen LogP contribution in [-0.2, 0) is 31.4 Å². The number of hydrogen-bond donors (Lipinski definition) is 1. The largest absolute Gasteiger partial charge is 0.492 e. The van der Waals surface area contributed by atoms with E-state index < -0.39 is 26.0 Å².